The molecule has 21 heavy (non-hydrogen) atoms. The zero-order valence-corrected chi connectivity index (χ0v) is 14.3. The molecule has 1 heterocycles. The second-order valence-electron chi connectivity index (χ2n) is 3.83. The topological polar surface area (TPSA) is 55.4 Å². The van der Waals surface area contributed by atoms with Crippen molar-refractivity contribution in [3.63, 3.8) is 0 Å². The van der Waals surface area contributed by atoms with Crippen molar-refractivity contribution in [3.8, 4) is 0 Å². The Bertz CT molecular complexity index is 690. The van der Waals surface area contributed by atoms with Crippen LogP contribution in [0.3, 0.4) is 0 Å². The largest absolute Gasteiger partial charge is 0.451 e. The second-order valence-corrected chi connectivity index (χ2v) is 7.08. The summed E-state index contributed by atoms with van der Waals surface area (Å²) in [4.78, 5) is 23.8. The van der Waals surface area contributed by atoms with Gasteiger partial charge >= 0.3 is 5.97 Å². The first-order chi connectivity index (χ1) is 9.97. The van der Waals surface area contributed by atoms with Gasteiger partial charge in [-0.05, 0) is 40.2 Å². The molecule has 0 saturated carbocycles. The number of carbonyl (C=O) groups excluding carboxylic acids is 2. The van der Waals surface area contributed by atoms with E-state index in [2.05, 4.69) is 21.2 Å². The van der Waals surface area contributed by atoms with Gasteiger partial charge in [-0.3, -0.25) is 4.79 Å². The first kappa shape index (κ1) is 16.3. The highest BCUT2D eigenvalue weighted by Crippen LogP contribution is 2.29. The number of halogens is 3. The van der Waals surface area contributed by atoms with Crippen molar-refractivity contribution >= 4 is 68.0 Å². The lowest BCUT2D eigenvalue weighted by Gasteiger charge is -2.08. The third-order valence-corrected chi connectivity index (χ3v) is 4.76. The predicted octanol–water partition coefficient (Wildman–Crippen LogP) is 4.61. The smallest absolute Gasteiger partial charge is 0.348 e. The van der Waals surface area contributed by atoms with E-state index < -0.39 is 18.5 Å². The van der Waals surface area contributed by atoms with Crippen molar-refractivity contribution in [2.45, 2.75) is 0 Å². The Morgan fingerprint density at radius 1 is 1.24 bits per heavy atom. The SMILES string of the molecule is O=C(COC(=O)c1ccc(Br)s1)Nc1cccc(Cl)c1Cl. The van der Waals surface area contributed by atoms with E-state index in [4.69, 9.17) is 27.9 Å². The number of hydrogen-bond acceptors (Lipinski definition) is 4. The molecule has 0 spiro atoms. The summed E-state index contributed by atoms with van der Waals surface area (Å²) >= 11 is 16.2. The van der Waals surface area contributed by atoms with Gasteiger partial charge < -0.3 is 10.1 Å². The molecule has 0 atom stereocenters. The minimum Gasteiger partial charge on any atom is -0.451 e. The minimum absolute atomic E-state index is 0.237. The van der Waals surface area contributed by atoms with Crippen LogP contribution in [-0.4, -0.2) is 18.5 Å². The highest BCUT2D eigenvalue weighted by Gasteiger charge is 2.13. The van der Waals surface area contributed by atoms with Gasteiger partial charge in [0.2, 0.25) is 0 Å². The van der Waals surface area contributed by atoms with Crippen molar-refractivity contribution < 1.29 is 14.3 Å². The maximum atomic E-state index is 11.7. The number of benzene rings is 1. The molecule has 2 aromatic rings. The van der Waals surface area contributed by atoms with Crippen molar-refractivity contribution in [2.75, 3.05) is 11.9 Å². The number of esters is 1. The number of hydrogen-bond donors (Lipinski definition) is 1. The molecule has 0 saturated heterocycles. The fourth-order valence-corrected chi connectivity index (χ4v) is 3.04. The van der Waals surface area contributed by atoms with Crippen LogP contribution in [0.5, 0.6) is 0 Å². The maximum Gasteiger partial charge on any atom is 0.348 e. The average Bonchev–Trinajstić information content (AvgIpc) is 2.88. The summed E-state index contributed by atoms with van der Waals surface area (Å²) in [5.41, 5.74) is 0.365. The number of rotatable bonds is 4. The lowest BCUT2D eigenvalue weighted by molar-refractivity contribution is -0.119. The van der Waals surface area contributed by atoms with Crippen LogP contribution >= 0.6 is 50.5 Å². The lowest BCUT2D eigenvalue weighted by Crippen LogP contribution is -2.20. The van der Waals surface area contributed by atoms with Gasteiger partial charge in [0.05, 0.1) is 19.5 Å². The molecule has 1 N–H and O–H groups in total. The van der Waals surface area contributed by atoms with E-state index in [0.29, 0.717) is 15.6 Å². The van der Waals surface area contributed by atoms with E-state index in [1.54, 1.807) is 30.3 Å². The monoisotopic (exact) mass is 407 g/mol. The normalized spacial score (nSPS) is 10.2. The summed E-state index contributed by atoms with van der Waals surface area (Å²) in [6, 6.07) is 8.20. The summed E-state index contributed by atoms with van der Waals surface area (Å²) in [6.45, 7) is -0.406. The Morgan fingerprint density at radius 2 is 2.00 bits per heavy atom. The van der Waals surface area contributed by atoms with Crippen LogP contribution in [0.4, 0.5) is 5.69 Å². The van der Waals surface area contributed by atoms with E-state index >= 15 is 0 Å². The molecule has 2 rings (SSSR count). The fourth-order valence-electron chi connectivity index (χ4n) is 1.41. The van der Waals surface area contributed by atoms with Crippen molar-refractivity contribution in [1.29, 1.82) is 0 Å². The van der Waals surface area contributed by atoms with Crippen molar-refractivity contribution in [2.24, 2.45) is 0 Å². The van der Waals surface area contributed by atoms with E-state index in [-0.39, 0.29) is 5.02 Å². The average molecular weight is 409 g/mol. The van der Waals surface area contributed by atoms with Crippen molar-refractivity contribution in [3.05, 3.63) is 49.0 Å². The van der Waals surface area contributed by atoms with E-state index in [1.165, 1.54) is 11.3 Å². The number of amides is 1. The molecular weight excluding hydrogens is 401 g/mol. The third kappa shape index (κ3) is 4.44. The molecule has 4 nitrogen and oxygen atoms in total. The molecule has 110 valence electrons. The Morgan fingerprint density at radius 3 is 2.67 bits per heavy atom. The standard InChI is InChI=1S/C13H8BrCl2NO3S/c14-10-5-4-9(21-10)13(19)20-6-11(18)17-8-3-1-2-7(15)12(8)16/h1-5H,6H2,(H,17,18). The summed E-state index contributed by atoms with van der Waals surface area (Å²) in [7, 11) is 0. The van der Waals surface area contributed by atoms with Crippen LogP contribution in [0.25, 0.3) is 0 Å². The molecule has 0 radical (unpaired) electrons. The minimum atomic E-state index is -0.557. The van der Waals surface area contributed by atoms with Gasteiger partial charge in [0.15, 0.2) is 6.61 Å². The van der Waals surface area contributed by atoms with Gasteiger partial charge in [0, 0.05) is 0 Å². The van der Waals surface area contributed by atoms with Gasteiger partial charge in [-0.25, -0.2) is 4.79 Å². The Labute approximate surface area is 143 Å². The van der Waals surface area contributed by atoms with Crippen LogP contribution in [0.15, 0.2) is 34.1 Å². The number of thiophene rings is 1. The van der Waals surface area contributed by atoms with Gasteiger partial charge in [-0.15, -0.1) is 11.3 Å². The summed E-state index contributed by atoms with van der Waals surface area (Å²) in [5.74, 6) is -1.05. The van der Waals surface area contributed by atoms with Gasteiger partial charge in [-0.2, -0.15) is 0 Å². The quantitative estimate of drug-likeness (QED) is 0.751. The van der Waals surface area contributed by atoms with Crippen LogP contribution in [0, 0.1) is 0 Å². The Balaban J connectivity index is 1.90. The first-order valence-electron chi connectivity index (χ1n) is 5.63. The van der Waals surface area contributed by atoms with Crippen molar-refractivity contribution in [1.82, 2.24) is 0 Å². The van der Waals surface area contributed by atoms with E-state index in [0.717, 1.165) is 3.79 Å². The molecule has 1 aromatic heterocycles. The number of ether oxygens (including phenoxy) is 1. The zero-order valence-electron chi connectivity index (χ0n) is 10.4. The fraction of sp³-hybridized carbons (Fsp3) is 0.0769. The molecule has 0 bridgehead atoms. The molecule has 0 unspecified atom stereocenters. The predicted molar refractivity (Wildman–Crippen MR) is 87.4 cm³/mol. The van der Waals surface area contributed by atoms with Crippen LogP contribution in [0.2, 0.25) is 10.0 Å². The van der Waals surface area contributed by atoms with Gasteiger partial charge in [0.25, 0.3) is 5.91 Å². The van der Waals surface area contributed by atoms with Crippen LogP contribution in [0.1, 0.15) is 9.67 Å². The molecule has 0 fully saturated rings. The lowest BCUT2D eigenvalue weighted by atomic mass is 10.3. The molecule has 1 amide bonds. The summed E-state index contributed by atoms with van der Waals surface area (Å²) in [6.07, 6.45) is 0. The summed E-state index contributed by atoms with van der Waals surface area (Å²) in [5, 5.41) is 3.09. The zero-order chi connectivity index (χ0) is 15.4. The molecule has 0 aliphatic carbocycles. The van der Waals surface area contributed by atoms with Gasteiger partial charge in [-0.1, -0.05) is 29.3 Å². The molecule has 1 aromatic carbocycles. The van der Waals surface area contributed by atoms with Crippen LogP contribution in [-0.2, 0) is 9.53 Å². The van der Waals surface area contributed by atoms with E-state index in [1.807, 2.05) is 0 Å². The highest BCUT2D eigenvalue weighted by molar-refractivity contribution is 9.11. The van der Waals surface area contributed by atoms with Gasteiger partial charge in [0.1, 0.15) is 4.88 Å². The maximum absolute atomic E-state index is 11.7. The third-order valence-electron chi connectivity index (χ3n) is 2.33. The number of nitrogens with one attached hydrogen (secondary N) is 1. The molecular formula is C13H8BrCl2NO3S. The van der Waals surface area contributed by atoms with E-state index in [9.17, 15) is 9.59 Å². The Hall–Kier alpha value is -1.08. The number of carbonyl (C=O) groups is 2. The van der Waals surface area contributed by atoms with Crippen LogP contribution < -0.4 is 5.32 Å². The molecule has 0 aliphatic heterocycles. The Kier molecular flexibility index (Phi) is 5.64. The number of anilines is 1. The molecule has 8 heteroatoms. The second kappa shape index (κ2) is 7.26. The molecule has 0 aliphatic rings. The highest BCUT2D eigenvalue weighted by atomic mass is 79.9. The first-order valence-corrected chi connectivity index (χ1v) is 8.00. The summed E-state index contributed by atoms with van der Waals surface area (Å²) < 4.78 is 5.72.